The number of anilines is 1. The molecule has 1 heterocycles. The molecule has 4 N–H and O–H groups in total. The van der Waals surface area contributed by atoms with Gasteiger partial charge in [-0.1, -0.05) is 30.3 Å². The van der Waals surface area contributed by atoms with Gasteiger partial charge in [0.05, 0.1) is 16.5 Å². The second kappa shape index (κ2) is 12.1. The fraction of sp³-hybridized carbons (Fsp3) is 0.276. The third-order valence-corrected chi connectivity index (χ3v) is 7.91. The van der Waals surface area contributed by atoms with Crippen molar-refractivity contribution in [3.8, 4) is 6.07 Å². The maximum absolute atomic E-state index is 13.2. The number of sulfonamides is 1. The Hall–Kier alpha value is -4.20. The number of urea groups is 1. The molecular weight excluding hydrogens is 514 g/mol. The summed E-state index contributed by atoms with van der Waals surface area (Å²) in [6.07, 6.45) is 2.21. The predicted octanol–water partition coefficient (Wildman–Crippen LogP) is 3.90. The van der Waals surface area contributed by atoms with E-state index in [0.717, 1.165) is 24.0 Å². The number of amides is 3. The van der Waals surface area contributed by atoms with E-state index < -0.39 is 16.1 Å². The van der Waals surface area contributed by atoms with Crippen LogP contribution in [0.2, 0.25) is 0 Å². The van der Waals surface area contributed by atoms with E-state index >= 15 is 0 Å². The van der Waals surface area contributed by atoms with Gasteiger partial charge in [-0.2, -0.15) is 5.26 Å². The average molecular weight is 546 g/mol. The first-order valence-electron chi connectivity index (χ1n) is 12.7. The van der Waals surface area contributed by atoms with E-state index in [1.807, 2.05) is 42.2 Å². The van der Waals surface area contributed by atoms with E-state index in [0.29, 0.717) is 48.8 Å². The van der Waals surface area contributed by atoms with Crippen molar-refractivity contribution in [2.24, 2.45) is 5.14 Å². The molecule has 0 saturated carbocycles. The molecule has 3 amide bonds. The number of primary sulfonamides is 1. The summed E-state index contributed by atoms with van der Waals surface area (Å²) < 4.78 is 22.7. The molecule has 1 saturated heterocycles. The van der Waals surface area contributed by atoms with Crippen LogP contribution in [0.4, 0.5) is 10.5 Å². The molecule has 9 nitrogen and oxygen atoms in total. The molecule has 1 aliphatic rings. The molecule has 0 unspecified atom stereocenters. The number of carbonyl (C=O) groups excluding carboxylic acids is 2. The Morgan fingerprint density at radius 2 is 1.69 bits per heavy atom. The second-order valence-electron chi connectivity index (χ2n) is 9.65. The number of piperidine rings is 1. The zero-order chi connectivity index (χ0) is 28.0. The number of hydrogen-bond acceptors (Lipinski definition) is 5. The summed E-state index contributed by atoms with van der Waals surface area (Å²) in [7, 11) is -3.74. The minimum absolute atomic E-state index is 0.0394. The van der Waals surface area contributed by atoms with Crippen LogP contribution in [0.25, 0.3) is 0 Å². The molecule has 0 spiro atoms. The lowest BCUT2D eigenvalue weighted by Gasteiger charge is -2.32. The maximum atomic E-state index is 13.2. The summed E-state index contributed by atoms with van der Waals surface area (Å²) in [5.74, 6) is 0.284. The molecule has 1 fully saturated rings. The molecule has 202 valence electrons. The monoisotopic (exact) mass is 545 g/mol. The lowest BCUT2D eigenvalue weighted by molar-refractivity contribution is 0.0713. The van der Waals surface area contributed by atoms with Crippen molar-refractivity contribution in [1.29, 1.82) is 5.26 Å². The van der Waals surface area contributed by atoms with Gasteiger partial charge in [-0.3, -0.25) is 4.79 Å². The standard InChI is InChI=1S/C29H31N5O4S/c1-20-2-7-25(28(35)34-16-13-24(14-17-34)23-8-3-22(19-30)4-9-23)18-27(20)33-29(36)32-15-12-21-5-10-26(11-6-21)39(31,37)38/h2-11,18,24H,12-17H2,1H3,(H2,31,37,38)(H2,32,33,36). The molecule has 0 aliphatic carbocycles. The lowest BCUT2D eigenvalue weighted by atomic mass is 9.89. The zero-order valence-corrected chi connectivity index (χ0v) is 22.5. The van der Waals surface area contributed by atoms with Crippen LogP contribution in [0, 0.1) is 18.3 Å². The molecule has 10 heteroatoms. The fourth-order valence-corrected chi connectivity index (χ4v) is 5.17. The molecule has 4 rings (SSSR count). The van der Waals surface area contributed by atoms with Crippen molar-refractivity contribution < 1.29 is 18.0 Å². The van der Waals surface area contributed by atoms with Crippen LogP contribution in [0.15, 0.2) is 71.6 Å². The fourth-order valence-electron chi connectivity index (χ4n) is 4.65. The molecule has 0 aromatic heterocycles. The highest BCUT2D eigenvalue weighted by Gasteiger charge is 2.25. The molecular formula is C29H31N5O4S. The van der Waals surface area contributed by atoms with E-state index in [4.69, 9.17) is 10.4 Å². The van der Waals surface area contributed by atoms with Gasteiger partial charge in [0, 0.05) is 30.9 Å². The van der Waals surface area contributed by atoms with Crippen molar-refractivity contribution >= 4 is 27.6 Å². The van der Waals surface area contributed by atoms with Crippen LogP contribution in [-0.2, 0) is 16.4 Å². The number of benzene rings is 3. The van der Waals surface area contributed by atoms with Crippen molar-refractivity contribution in [2.75, 3.05) is 25.0 Å². The van der Waals surface area contributed by atoms with Gasteiger partial charge in [0.15, 0.2) is 0 Å². The van der Waals surface area contributed by atoms with Gasteiger partial charge in [0.1, 0.15) is 0 Å². The molecule has 1 aliphatic heterocycles. The highest BCUT2D eigenvalue weighted by atomic mass is 32.2. The van der Waals surface area contributed by atoms with Crippen molar-refractivity contribution in [2.45, 2.75) is 37.0 Å². The third kappa shape index (κ3) is 7.22. The van der Waals surface area contributed by atoms with E-state index in [1.165, 1.54) is 17.7 Å². The van der Waals surface area contributed by atoms with E-state index in [-0.39, 0.29) is 10.8 Å². The summed E-state index contributed by atoms with van der Waals surface area (Å²) in [5, 5.41) is 19.7. The SMILES string of the molecule is Cc1ccc(C(=O)N2CCC(c3ccc(C#N)cc3)CC2)cc1NC(=O)NCCc1ccc(S(N)(=O)=O)cc1. The predicted molar refractivity (Wildman–Crippen MR) is 149 cm³/mol. The average Bonchev–Trinajstić information content (AvgIpc) is 2.94. The van der Waals surface area contributed by atoms with E-state index in [1.54, 1.807) is 24.3 Å². The number of nitriles is 1. The van der Waals surface area contributed by atoms with Crippen LogP contribution in [0.5, 0.6) is 0 Å². The van der Waals surface area contributed by atoms with Gasteiger partial charge in [0.25, 0.3) is 5.91 Å². The van der Waals surface area contributed by atoms with Crippen LogP contribution >= 0.6 is 0 Å². The highest BCUT2D eigenvalue weighted by molar-refractivity contribution is 7.89. The Labute approximate surface area is 228 Å². The smallest absolute Gasteiger partial charge is 0.319 e. The Balaban J connectivity index is 1.29. The molecule has 0 radical (unpaired) electrons. The van der Waals surface area contributed by atoms with Crippen molar-refractivity contribution in [3.63, 3.8) is 0 Å². The van der Waals surface area contributed by atoms with Gasteiger partial charge in [-0.15, -0.1) is 0 Å². The second-order valence-corrected chi connectivity index (χ2v) is 11.2. The van der Waals surface area contributed by atoms with Crippen molar-refractivity contribution in [1.82, 2.24) is 10.2 Å². The van der Waals surface area contributed by atoms with Gasteiger partial charge in [0.2, 0.25) is 10.0 Å². The quantitative estimate of drug-likeness (QED) is 0.412. The Morgan fingerprint density at radius 3 is 2.31 bits per heavy atom. The van der Waals surface area contributed by atoms with Crippen LogP contribution in [0.3, 0.4) is 0 Å². The topological polar surface area (TPSA) is 145 Å². The lowest BCUT2D eigenvalue weighted by Crippen LogP contribution is -2.38. The number of nitrogens with two attached hydrogens (primary N) is 1. The van der Waals surface area contributed by atoms with Gasteiger partial charge >= 0.3 is 6.03 Å². The maximum Gasteiger partial charge on any atom is 0.319 e. The Bertz CT molecular complexity index is 1490. The van der Waals surface area contributed by atoms with Crippen molar-refractivity contribution in [3.05, 3.63) is 94.5 Å². The summed E-state index contributed by atoms with van der Waals surface area (Å²) in [5.41, 5.74) is 4.59. The number of carbonyl (C=O) groups is 2. The number of hydrogen-bond donors (Lipinski definition) is 3. The first-order chi connectivity index (χ1) is 18.6. The third-order valence-electron chi connectivity index (χ3n) is 6.98. The zero-order valence-electron chi connectivity index (χ0n) is 21.7. The number of likely N-dealkylation sites (tertiary alicyclic amines) is 1. The summed E-state index contributed by atoms with van der Waals surface area (Å²) in [4.78, 5) is 27.6. The Morgan fingerprint density at radius 1 is 1.03 bits per heavy atom. The number of nitrogens with one attached hydrogen (secondary N) is 2. The summed E-state index contributed by atoms with van der Waals surface area (Å²) in [6.45, 7) is 3.48. The summed E-state index contributed by atoms with van der Waals surface area (Å²) >= 11 is 0. The van der Waals surface area contributed by atoms with Crippen LogP contribution in [0.1, 0.15) is 51.4 Å². The first-order valence-corrected chi connectivity index (χ1v) is 14.3. The van der Waals surface area contributed by atoms with Gasteiger partial charge in [-0.25, -0.2) is 18.4 Å². The highest BCUT2D eigenvalue weighted by Crippen LogP contribution is 2.29. The van der Waals surface area contributed by atoms with Gasteiger partial charge in [-0.05, 0) is 85.2 Å². The number of rotatable bonds is 7. The number of nitrogens with zero attached hydrogens (tertiary/aromatic N) is 2. The largest absolute Gasteiger partial charge is 0.339 e. The van der Waals surface area contributed by atoms with E-state index in [2.05, 4.69) is 16.7 Å². The van der Waals surface area contributed by atoms with Gasteiger partial charge < -0.3 is 15.5 Å². The summed E-state index contributed by atoms with van der Waals surface area (Å²) in [6, 6.07) is 20.9. The normalized spacial score (nSPS) is 13.9. The van der Waals surface area contributed by atoms with Crippen LogP contribution in [-0.4, -0.2) is 44.9 Å². The first kappa shape index (κ1) is 27.8. The molecule has 39 heavy (non-hydrogen) atoms. The minimum Gasteiger partial charge on any atom is -0.339 e. The Kier molecular flexibility index (Phi) is 8.64. The molecule has 3 aromatic rings. The molecule has 0 bridgehead atoms. The number of aryl methyl sites for hydroxylation is 1. The minimum atomic E-state index is -3.74. The van der Waals surface area contributed by atoms with E-state index in [9.17, 15) is 18.0 Å². The molecule has 0 atom stereocenters. The molecule has 3 aromatic carbocycles. The van der Waals surface area contributed by atoms with Crippen LogP contribution < -0.4 is 15.8 Å².